The standard InChI is InChI=1S/C55H26N6O11/c1-26-27-14-2-3-15-28(27)45(62)56(26)39-40(57-46(63)29-16-4-5-17-30(29)47(57)64)42(59-50(67)33-20-8-9-21-34(33)51(59)68)44(61-54(71)37-24-12-13-25-38(37)55(61)72)43(60-52(69)35-22-10-11-23-36(35)53(60)70)41(39)58-48(65)31-18-6-7-19-32(31)49(58)66/h2-25H,1H2. The van der Waals surface area contributed by atoms with E-state index in [0.717, 1.165) is 4.90 Å². The van der Waals surface area contributed by atoms with E-state index in [9.17, 15) is 0 Å². The number of benzene rings is 7. The minimum atomic E-state index is -1.16. The van der Waals surface area contributed by atoms with Crippen LogP contribution in [0, 0.1) is 0 Å². The van der Waals surface area contributed by atoms with Crippen LogP contribution in [0.2, 0.25) is 0 Å². The summed E-state index contributed by atoms with van der Waals surface area (Å²) in [6, 6.07) is 33.7. The van der Waals surface area contributed by atoms with Crippen molar-refractivity contribution in [3.63, 3.8) is 0 Å². The zero-order valence-corrected chi connectivity index (χ0v) is 36.7. The van der Waals surface area contributed by atoms with Crippen LogP contribution < -0.4 is 29.4 Å². The molecule has 0 saturated heterocycles. The normalized spacial score (nSPS) is 16.5. The molecule has 6 aliphatic heterocycles. The second-order valence-corrected chi connectivity index (χ2v) is 17.2. The highest BCUT2D eigenvalue weighted by atomic mass is 16.2. The van der Waals surface area contributed by atoms with Crippen molar-refractivity contribution in [3.05, 3.63) is 219 Å². The summed E-state index contributed by atoms with van der Waals surface area (Å²) in [5, 5.41) is 0. The first-order chi connectivity index (χ1) is 34.8. The van der Waals surface area contributed by atoms with E-state index in [-0.39, 0.29) is 72.5 Å². The van der Waals surface area contributed by atoms with Gasteiger partial charge in [-0.05, 0) is 66.7 Å². The lowest BCUT2D eigenvalue weighted by molar-refractivity contribution is 0.0896. The van der Waals surface area contributed by atoms with Gasteiger partial charge in [0.2, 0.25) is 0 Å². The lowest BCUT2D eigenvalue weighted by atomic mass is 10.0. The van der Waals surface area contributed by atoms with Crippen molar-refractivity contribution in [2.24, 2.45) is 0 Å². The quantitative estimate of drug-likeness (QED) is 0.151. The Labute approximate surface area is 404 Å². The maximum atomic E-state index is 15.5. The van der Waals surface area contributed by atoms with Gasteiger partial charge in [0, 0.05) is 11.1 Å². The van der Waals surface area contributed by atoms with E-state index in [0.29, 0.717) is 24.5 Å². The van der Waals surface area contributed by atoms with E-state index in [1.165, 1.54) is 140 Å². The van der Waals surface area contributed by atoms with Gasteiger partial charge in [0.05, 0.1) is 61.3 Å². The second-order valence-electron chi connectivity index (χ2n) is 17.2. The van der Waals surface area contributed by atoms with Gasteiger partial charge < -0.3 is 0 Å². The van der Waals surface area contributed by atoms with Crippen LogP contribution in [-0.2, 0) is 0 Å². The molecule has 72 heavy (non-hydrogen) atoms. The second kappa shape index (κ2) is 14.5. The van der Waals surface area contributed by atoms with Crippen LogP contribution in [0.25, 0.3) is 5.70 Å². The van der Waals surface area contributed by atoms with Crippen LogP contribution in [0.4, 0.5) is 34.1 Å². The van der Waals surface area contributed by atoms with Gasteiger partial charge >= 0.3 is 0 Å². The summed E-state index contributed by atoms with van der Waals surface area (Å²) in [5.74, 6) is -12.4. The van der Waals surface area contributed by atoms with Crippen molar-refractivity contribution in [3.8, 4) is 0 Å². The molecule has 7 aromatic carbocycles. The Bertz CT molecular complexity index is 3080. The SMILES string of the molecule is C=C1c2ccccc2C(=O)N1c1c(N2C(=O)c3ccccc3C2=O)c(N2C(=O)c3ccccc3C2=O)c(N2C(=O)c3ccccc3C2=O)c(N2C(=O)c3ccccc3C2=O)c1N1C(=O)c2ccccc2C1=O. The number of carbonyl (C=O) groups excluding carboxylic acids is 11. The number of fused-ring (bicyclic) bond motifs is 6. The topological polar surface area (TPSA) is 207 Å². The Hall–Kier alpha value is -10.6. The Balaban J connectivity index is 1.30. The predicted molar refractivity (Wildman–Crippen MR) is 257 cm³/mol. The fourth-order valence-electron chi connectivity index (χ4n) is 10.4. The molecule has 0 unspecified atom stereocenters. The molecule has 13 rings (SSSR count). The highest BCUT2D eigenvalue weighted by Crippen LogP contribution is 2.63. The molecule has 0 saturated carbocycles. The summed E-state index contributed by atoms with van der Waals surface area (Å²) in [5.41, 5.74) is -7.78. The van der Waals surface area contributed by atoms with E-state index in [2.05, 4.69) is 6.58 Å². The van der Waals surface area contributed by atoms with Crippen LogP contribution >= 0.6 is 0 Å². The van der Waals surface area contributed by atoms with Gasteiger partial charge in [-0.1, -0.05) is 85.4 Å². The van der Waals surface area contributed by atoms with Crippen molar-refractivity contribution in [1.82, 2.24) is 0 Å². The average molecular weight is 947 g/mol. The van der Waals surface area contributed by atoms with Gasteiger partial charge in [-0.2, -0.15) is 0 Å². The molecule has 0 aliphatic carbocycles. The lowest BCUT2D eigenvalue weighted by Crippen LogP contribution is -2.44. The Kier molecular flexibility index (Phi) is 8.37. The molecule has 0 atom stereocenters. The maximum absolute atomic E-state index is 15.5. The van der Waals surface area contributed by atoms with E-state index in [1.54, 1.807) is 6.07 Å². The molecule has 0 radical (unpaired) electrons. The van der Waals surface area contributed by atoms with Crippen LogP contribution in [0.1, 0.15) is 120 Å². The van der Waals surface area contributed by atoms with Gasteiger partial charge in [-0.25, -0.2) is 24.5 Å². The predicted octanol–water partition coefficient (Wildman–Crippen LogP) is 7.32. The summed E-state index contributed by atoms with van der Waals surface area (Å²) in [7, 11) is 0. The minimum Gasteiger partial charge on any atom is -0.273 e. The lowest BCUT2D eigenvalue weighted by Gasteiger charge is -2.38. The fourth-order valence-corrected chi connectivity index (χ4v) is 10.4. The molecular formula is C55H26N6O11. The zero-order valence-electron chi connectivity index (χ0n) is 36.7. The number of carbonyl (C=O) groups is 11. The third kappa shape index (κ3) is 5.11. The van der Waals surface area contributed by atoms with Crippen molar-refractivity contribution in [2.45, 2.75) is 0 Å². The molecule has 17 nitrogen and oxygen atoms in total. The molecule has 0 fully saturated rings. The van der Waals surface area contributed by atoms with Crippen molar-refractivity contribution in [1.29, 1.82) is 0 Å². The molecule has 6 aliphatic rings. The first kappa shape index (κ1) is 41.6. The van der Waals surface area contributed by atoms with Gasteiger partial charge in [0.1, 0.15) is 34.1 Å². The molecule has 0 bridgehead atoms. The molecule has 0 N–H and O–H groups in total. The number of amides is 11. The number of nitrogens with zero attached hydrogens (tertiary/aromatic N) is 6. The summed E-state index contributed by atoms with van der Waals surface area (Å²) in [6.45, 7) is 4.24. The fraction of sp³-hybridized carbons (Fsp3) is 0. The summed E-state index contributed by atoms with van der Waals surface area (Å²) in [4.78, 5) is 172. The Morgan fingerprint density at radius 3 is 0.486 bits per heavy atom. The maximum Gasteiger partial charge on any atom is 0.266 e. The Morgan fingerprint density at radius 1 is 0.194 bits per heavy atom. The number of rotatable bonds is 6. The van der Waals surface area contributed by atoms with Gasteiger partial charge in [-0.15, -0.1) is 0 Å². The number of imide groups is 5. The third-order valence-corrected chi connectivity index (χ3v) is 13.6. The summed E-state index contributed by atoms with van der Waals surface area (Å²) in [6.07, 6.45) is 0. The zero-order chi connectivity index (χ0) is 49.8. The van der Waals surface area contributed by atoms with Crippen LogP contribution in [0.15, 0.2) is 152 Å². The van der Waals surface area contributed by atoms with Crippen molar-refractivity contribution < 1.29 is 52.7 Å². The van der Waals surface area contributed by atoms with E-state index in [1.807, 2.05) is 0 Å². The molecule has 11 amide bonds. The van der Waals surface area contributed by atoms with Gasteiger partial charge in [0.25, 0.3) is 65.0 Å². The molecule has 7 aromatic rings. The summed E-state index contributed by atoms with van der Waals surface area (Å²) >= 11 is 0. The molecular weight excluding hydrogens is 921 g/mol. The number of hydrogen-bond donors (Lipinski definition) is 0. The average Bonchev–Trinajstić information content (AvgIpc) is 4.14. The number of hydrogen-bond acceptors (Lipinski definition) is 11. The monoisotopic (exact) mass is 946 g/mol. The van der Waals surface area contributed by atoms with Crippen molar-refractivity contribution >= 4 is 105 Å². The van der Waals surface area contributed by atoms with Crippen molar-refractivity contribution in [2.75, 3.05) is 29.4 Å². The smallest absolute Gasteiger partial charge is 0.266 e. The number of anilines is 6. The van der Waals surface area contributed by atoms with Gasteiger partial charge in [0.15, 0.2) is 0 Å². The van der Waals surface area contributed by atoms with Crippen LogP contribution in [-0.4, -0.2) is 65.0 Å². The Morgan fingerprint density at radius 2 is 0.319 bits per heavy atom. The molecule has 342 valence electrons. The molecule has 0 spiro atoms. The largest absolute Gasteiger partial charge is 0.273 e. The first-order valence-electron chi connectivity index (χ1n) is 22.1. The van der Waals surface area contributed by atoms with E-state index in [4.69, 9.17) is 0 Å². The molecule has 17 heteroatoms. The van der Waals surface area contributed by atoms with Crippen LogP contribution in [0.3, 0.4) is 0 Å². The highest BCUT2D eigenvalue weighted by Gasteiger charge is 2.56. The van der Waals surface area contributed by atoms with Gasteiger partial charge in [-0.3, -0.25) is 57.6 Å². The van der Waals surface area contributed by atoms with Crippen LogP contribution in [0.5, 0.6) is 0 Å². The highest BCUT2D eigenvalue weighted by molar-refractivity contribution is 6.50. The molecule has 0 aromatic heterocycles. The summed E-state index contributed by atoms with van der Waals surface area (Å²) < 4.78 is 0. The first-order valence-corrected chi connectivity index (χ1v) is 22.1. The minimum absolute atomic E-state index is 0.0295. The van der Waals surface area contributed by atoms with E-state index < -0.39 is 99.1 Å². The van der Waals surface area contributed by atoms with E-state index >= 15 is 52.7 Å². The molecule has 6 heterocycles. The third-order valence-electron chi connectivity index (χ3n) is 13.6.